The zero-order chi connectivity index (χ0) is 23.3. The predicted molar refractivity (Wildman–Crippen MR) is 133 cm³/mol. The Hall–Kier alpha value is -2.55. The Labute approximate surface area is 199 Å². The van der Waals surface area contributed by atoms with Crippen LogP contribution in [0.25, 0.3) is 11.3 Å². The van der Waals surface area contributed by atoms with E-state index >= 15 is 0 Å². The maximum Gasteiger partial charge on any atom is 0.240 e. The van der Waals surface area contributed by atoms with Gasteiger partial charge >= 0.3 is 0 Å². The number of nitrogens with one attached hydrogen (secondary N) is 2. The number of carbonyl (C=O) groups excluding carboxylic acids is 1. The molecule has 2 N–H and O–H groups in total. The molecule has 8 heteroatoms. The number of aryl methyl sites for hydroxylation is 1. The summed E-state index contributed by atoms with van der Waals surface area (Å²) < 4.78 is 27.1. The van der Waals surface area contributed by atoms with Crippen molar-refractivity contribution in [2.75, 3.05) is 11.9 Å². The smallest absolute Gasteiger partial charge is 0.240 e. The van der Waals surface area contributed by atoms with Crippen LogP contribution in [-0.2, 0) is 14.8 Å². The molecule has 0 spiro atoms. The van der Waals surface area contributed by atoms with Gasteiger partial charge in [0, 0.05) is 23.9 Å². The number of carbonyl (C=O) groups is 1. The monoisotopic (exact) mass is 483 g/mol. The fourth-order valence-electron chi connectivity index (χ4n) is 4.11. The molecule has 4 rings (SSSR count). The van der Waals surface area contributed by atoms with Gasteiger partial charge < -0.3 is 5.32 Å². The number of benzene rings is 2. The molecule has 1 heterocycles. The number of hydrogen-bond donors (Lipinski definition) is 2. The number of thiazole rings is 1. The van der Waals surface area contributed by atoms with Gasteiger partial charge in [-0.15, -0.1) is 11.3 Å². The van der Waals surface area contributed by atoms with Crippen LogP contribution >= 0.6 is 11.3 Å². The maximum atomic E-state index is 12.3. The van der Waals surface area contributed by atoms with Gasteiger partial charge in [0.25, 0.3) is 0 Å². The van der Waals surface area contributed by atoms with Crippen molar-refractivity contribution in [3.05, 3.63) is 65.0 Å². The fraction of sp³-hybridized carbons (Fsp3) is 0.360. The number of aromatic nitrogens is 1. The van der Waals surface area contributed by atoms with Gasteiger partial charge in [0.2, 0.25) is 15.9 Å². The molecular weight excluding hydrogens is 454 g/mol. The molecule has 3 aromatic rings. The first-order valence-electron chi connectivity index (χ1n) is 11.3. The molecule has 1 fully saturated rings. The Balaban J connectivity index is 1.28. The summed E-state index contributed by atoms with van der Waals surface area (Å²) in [6.45, 7) is 1.91. The molecular formula is C25H29N3O3S2. The van der Waals surface area contributed by atoms with E-state index in [2.05, 4.69) is 39.3 Å². The van der Waals surface area contributed by atoms with Crippen molar-refractivity contribution >= 4 is 32.4 Å². The number of anilines is 1. The van der Waals surface area contributed by atoms with Crippen molar-refractivity contribution in [1.82, 2.24) is 9.71 Å². The van der Waals surface area contributed by atoms with Crippen LogP contribution in [0, 0.1) is 6.92 Å². The quantitative estimate of drug-likeness (QED) is 0.444. The van der Waals surface area contributed by atoms with Gasteiger partial charge in [0.1, 0.15) is 0 Å². The van der Waals surface area contributed by atoms with Gasteiger partial charge in [-0.3, -0.25) is 4.79 Å². The molecule has 1 amide bonds. The van der Waals surface area contributed by atoms with E-state index in [1.807, 2.05) is 12.3 Å². The average molecular weight is 484 g/mol. The largest absolute Gasteiger partial charge is 0.302 e. The summed E-state index contributed by atoms with van der Waals surface area (Å²) in [6, 6.07) is 15.2. The third-order valence-electron chi connectivity index (χ3n) is 6.01. The predicted octanol–water partition coefficient (Wildman–Crippen LogP) is 5.47. The van der Waals surface area contributed by atoms with E-state index in [9.17, 15) is 13.2 Å². The summed E-state index contributed by atoms with van der Waals surface area (Å²) in [5.41, 5.74) is 4.23. The van der Waals surface area contributed by atoms with E-state index in [4.69, 9.17) is 0 Å². The summed E-state index contributed by atoms with van der Waals surface area (Å²) in [6.07, 6.45) is 6.54. The third kappa shape index (κ3) is 6.28. The number of amides is 1. The summed E-state index contributed by atoms with van der Waals surface area (Å²) in [7, 11) is -3.63. The lowest BCUT2D eigenvalue weighted by Crippen LogP contribution is -2.27. The van der Waals surface area contributed by atoms with Gasteiger partial charge in [0.05, 0.1) is 10.6 Å². The number of rotatable bonds is 8. The minimum atomic E-state index is -3.63. The normalized spacial score (nSPS) is 14.8. The topological polar surface area (TPSA) is 88.2 Å². The van der Waals surface area contributed by atoms with Crippen LogP contribution in [0.15, 0.2) is 58.8 Å². The molecule has 1 aliphatic rings. The van der Waals surface area contributed by atoms with Crippen molar-refractivity contribution in [3.8, 4) is 11.3 Å². The van der Waals surface area contributed by atoms with Gasteiger partial charge in [-0.25, -0.2) is 18.1 Å². The number of sulfonamides is 1. The van der Waals surface area contributed by atoms with Crippen molar-refractivity contribution < 1.29 is 13.2 Å². The zero-order valence-corrected chi connectivity index (χ0v) is 20.3. The lowest BCUT2D eigenvalue weighted by Gasteiger charge is -2.22. The van der Waals surface area contributed by atoms with E-state index < -0.39 is 10.0 Å². The van der Waals surface area contributed by atoms with Crippen LogP contribution in [-0.4, -0.2) is 25.9 Å². The first kappa shape index (κ1) is 23.6. The maximum absolute atomic E-state index is 12.3. The van der Waals surface area contributed by atoms with E-state index in [0.29, 0.717) is 11.0 Å². The number of hydrogen-bond acceptors (Lipinski definition) is 5. The molecule has 2 aromatic carbocycles. The molecule has 0 bridgehead atoms. The molecule has 33 heavy (non-hydrogen) atoms. The highest BCUT2D eigenvalue weighted by Gasteiger charge is 2.16. The molecule has 1 aromatic heterocycles. The van der Waals surface area contributed by atoms with E-state index in [1.165, 1.54) is 49.0 Å². The van der Waals surface area contributed by atoms with Gasteiger partial charge in [-0.2, -0.15) is 0 Å². The Kier molecular flexibility index (Phi) is 7.57. The van der Waals surface area contributed by atoms with E-state index in [1.54, 1.807) is 24.3 Å². The molecule has 1 saturated carbocycles. The second kappa shape index (κ2) is 10.6. The van der Waals surface area contributed by atoms with Crippen LogP contribution in [0.3, 0.4) is 0 Å². The van der Waals surface area contributed by atoms with Crippen molar-refractivity contribution in [2.45, 2.75) is 56.3 Å². The fourth-order valence-corrected chi connectivity index (χ4v) is 5.87. The van der Waals surface area contributed by atoms with Crippen LogP contribution in [0.4, 0.5) is 5.13 Å². The van der Waals surface area contributed by atoms with Crippen LogP contribution < -0.4 is 10.0 Å². The molecule has 0 saturated heterocycles. The molecule has 0 aliphatic heterocycles. The Bertz CT molecular complexity index is 1180. The highest BCUT2D eigenvalue weighted by Crippen LogP contribution is 2.34. The minimum Gasteiger partial charge on any atom is -0.302 e. The molecule has 1 aliphatic carbocycles. The highest BCUT2D eigenvalue weighted by atomic mass is 32.2. The van der Waals surface area contributed by atoms with E-state index in [-0.39, 0.29) is 23.8 Å². The second-order valence-corrected chi connectivity index (χ2v) is 11.1. The van der Waals surface area contributed by atoms with Crippen LogP contribution in [0.1, 0.15) is 55.6 Å². The molecule has 0 atom stereocenters. The zero-order valence-electron chi connectivity index (χ0n) is 18.7. The molecule has 0 unspecified atom stereocenters. The second-order valence-electron chi connectivity index (χ2n) is 8.50. The highest BCUT2D eigenvalue weighted by molar-refractivity contribution is 7.89. The summed E-state index contributed by atoms with van der Waals surface area (Å²) in [5.74, 6) is 0.386. The van der Waals surface area contributed by atoms with Gasteiger partial charge in [-0.05, 0) is 43.4 Å². The standard InChI is InChI=1S/C25H29N3O3S2/c1-18-7-13-22(14-8-18)33(30,31)26-16-15-24(29)28-25-27-23(17-32-25)21-11-9-20(10-12-21)19-5-3-2-4-6-19/h7-14,17,19,26H,2-6,15-16H2,1H3,(H,27,28,29). The lowest BCUT2D eigenvalue weighted by atomic mass is 9.84. The summed E-state index contributed by atoms with van der Waals surface area (Å²) >= 11 is 1.36. The number of nitrogens with zero attached hydrogens (tertiary/aromatic N) is 1. The molecule has 6 nitrogen and oxygen atoms in total. The first-order chi connectivity index (χ1) is 15.9. The summed E-state index contributed by atoms with van der Waals surface area (Å²) in [5, 5.41) is 5.19. The van der Waals surface area contributed by atoms with Crippen LogP contribution in [0.5, 0.6) is 0 Å². The van der Waals surface area contributed by atoms with Gasteiger partial charge in [-0.1, -0.05) is 61.2 Å². The van der Waals surface area contributed by atoms with Crippen molar-refractivity contribution in [3.63, 3.8) is 0 Å². The van der Waals surface area contributed by atoms with Crippen molar-refractivity contribution in [2.24, 2.45) is 0 Å². The molecule has 0 radical (unpaired) electrons. The van der Waals surface area contributed by atoms with Crippen LogP contribution in [0.2, 0.25) is 0 Å². The average Bonchev–Trinajstić information content (AvgIpc) is 3.28. The SMILES string of the molecule is Cc1ccc(S(=O)(=O)NCCC(=O)Nc2nc(-c3ccc(C4CCCCC4)cc3)cs2)cc1. The Morgan fingerprint density at radius 2 is 1.73 bits per heavy atom. The van der Waals surface area contributed by atoms with E-state index in [0.717, 1.165) is 16.8 Å². The first-order valence-corrected chi connectivity index (χ1v) is 13.7. The van der Waals surface area contributed by atoms with Crippen molar-refractivity contribution in [1.29, 1.82) is 0 Å². The Morgan fingerprint density at radius 1 is 1.03 bits per heavy atom. The summed E-state index contributed by atoms with van der Waals surface area (Å²) in [4.78, 5) is 17.0. The Morgan fingerprint density at radius 3 is 2.42 bits per heavy atom. The minimum absolute atomic E-state index is 0.0168. The molecule has 174 valence electrons. The van der Waals surface area contributed by atoms with Gasteiger partial charge in [0.15, 0.2) is 5.13 Å². The lowest BCUT2D eigenvalue weighted by molar-refractivity contribution is -0.116. The third-order valence-corrected chi connectivity index (χ3v) is 8.24.